The highest BCUT2D eigenvalue weighted by molar-refractivity contribution is 6.33. The fourth-order valence-electron chi connectivity index (χ4n) is 4.01. The molecule has 1 saturated heterocycles. The summed E-state index contributed by atoms with van der Waals surface area (Å²) >= 11 is 6.42. The molecule has 3 aromatic heterocycles. The van der Waals surface area contributed by atoms with Gasteiger partial charge in [0.05, 0.1) is 16.9 Å². The highest BCUT2D eigenvalue weighted by Gasteiger charge is 2.24. The van der Waals surface area contributed by atoms with Crippen LogP contribution in [0.15, 0.2) is 42.9 Å². The second-order valence-electron chi connectivity index (χ2n) is 7.99. The molecule has 2 unspecified atom stereocenters. The van der Waals surface area contributed by atoms with Gasteiger partial charge in [0.15, 0.2) is 11.5 Å². The summed E-state index contributed by atoms with van der Waals surface area (Å²) in [5.41, 5.74) is 4.35. The molecule has 7 nitrogen and oxygen atoms in total. The van der Waals surface area contributed by atoms with Crippen LogP contribution < -0.4 is 15.5 Å². The van der Waals surface area contributed by atoms with E-state index in [0.717, 1.165) is 46.8 Å². The van der Waals surface area contributed by atoms with Gasteiger partial charge in [0.2, 0.25) is 0 Å². The van der Waals surface area contributed by atoms with E-state index in [0.29, 0.717) is 22.9 Å². The van der Waals surface area contributed by atoms with Crippen molar-refractivity contribution < 1.29 is 0 Å². The van der Waals surface area contributed by atoms with Gasteiger partial charge in [-0.05, 0) is 44.5 Å². The lowest BCUT2D eigenvalue weighted by atomic mass is 10.1. The van der Waals surface area contributed by atoms with Crippen LogP contribution in [0.5, 0.6) is 0 Å². The Balaban J connectivity index is 1.61. The number of rotatable bonds is 3. The second-order valence-corrected chi connectivity index (χ2v) is 8.40. The molecule has 0 spiro atoms. The molecule has 154 valence electrons. The normalized spacial score (nSPS) is 19.5. The number of hydrogen-bond acceptors (Lipinski definition) is 6. The molecule has 30 heavy (non-hydrogen) atoms. The Hall–Kier alpha value is -2.90. The van der Waals surface area contributed by atoms with Gasteiger partial charge < -0.3 is 15.5 Å². The molecule has 1 fully saturated rings. The van der Waals surface area contributed by atoms with E-state index in [2.05, 4.69) is 40.4 Å². The van der Waals surface area contributed by atoms with E-state index in [1.807, 2.05) is 35.6 Å². The third kappa shape index (κ3) is 3.24. The molecule has 1 aromatic carbocycles. The van der Waals surface area contributed by atoms with Gasteiger partial charge in [-0.3, -0.25) is 4.40 Å². The van der Waals surface area contributed by atoms with Crippen LogP contribution in [0.3, 0.4) is 0 Å². The maximum atomic E-state index is 6.42. The number of nitrogens with one attached hydrogen (secondary N) is 2. The molecule has 1 aliphatic heterocycles. The maximum absolute atomic E-state index is 6.42. The van der Waals surface area contributed by atoms with E-state index >= 15 is 0 Å². The van der Waals surface area contributed by atoms with E-state index in [9.17, 15) is 0 Å². The van der Waals surface area contributed by atoms with Crippen molar-refractivity contribution in [2.45, 2.75) is 32.9 Å². The predicted octanol–water partition coefficient (Wildman–Crippen LogP) is 4.17. The minimum atomic E-state index is 0.376. The van der Waals surface area contributed by atoms with Crippen molar-refractivity contribution in [3.8, 4) is 0 Å². The highest BCUT2D eigenvalue weighted by atomic mass is 35.5. The number of imidazole rings is 1. The lowest BCUT2D eigenvalue weighted by molar-refractivity contribution is 0.423. The number of hydrogen-bond donors (Lipinski definition) is 2. The van der Waals surface area contributed by atoms with E-state index in [1.54, 1.807) is 12.5 Å². The minimum absolute atomic E-state index is 0.376. The van der Waals surface area contributed by atoms with E-state index in [1.165, 1.54) is 0 Å². The fourth-order valence-corrected chi connectivity index (χ4v) is 4.28. The van der Waals surface area contributed by atoms with Crippen molar-refractivity contribution in [2.75, 3.05) is 23.3 Å². The summed E-state index contributed by atoms with van der Waals surface area (Å²) in [5.74, 6) is 1.66. The summed E-state index contributed by atoms with van der Waals surface area (Å²) in [5, 5.41) is 7.58. The molecule has 4 heterocycles. The standard InChI is InChI=1S/C22H24ClN7/c1-13-5-4-6-16(23)20(13)28-21-18-10-24-12-30(18)22-17(26-21)7-8-19(27-22)29-11-14(2)25-9-15(29)3/h4-8,10,12,14-15,25H,9,11H2,1-3H3,(H,26,28). The molecule has 1 aliphatic rings. The Bertz CT molecular complexity index is 1210. The van der Waals surface area contributed by atoms with Gasteiger partial charge in [-0.25, -0.2) is 15.0 Å². The van der Waals surface area contributed by atoms with Crippen LogP contribution in [-0.2, 0) is 0 Å². The second kappa shape index (κ2) is 7.41. The first-order chi connectivity index (χ1) is 14.5. The Labute approximate surface area is 180 Å². The number of benzene rings is 1. The quantitative estimate of drug-likeness (QED) is 0.517. The van der Waals surface area contributed by atoms with Crippen molar-refractivity contribution in [3.05, 3.63) is 53.4 Å². The van der Waals surface area contributed by atoms with E-state index in [-0.39, 0.29) is 0 Å². The van der Waals surface area contributed by atoms with Crippen LogP contribution in [0.4, 0.5) is 17.3 Å². The number of piperazine rings is 1. The van der Waals surface area contributed by atoms with Gasteiger partial charge in [0.25, 0.3) is 0 Å². The summed E-state index contributed by atoms with van der Waals surface area (Å²) < 4.78 is 1.98. The van der Waals surface area contributed by atoms with Crippen LogP contribution in [0.25, 0.3) is 16.7 Å². The van der Waals surface area contributed by atoms with Gasteiger partial charge in [-0.15, -0.1) is 0 Å². The number of fused-ring (bicyclic) bond motifs is 3. The predicted molar refractivity (Wildman–Crippen MR) is 122 cm³/mol. The number of aryl methyl sites for hydroxylation is 1. The Morgan fingerprint density at radius 3 is 2.87 bits per heavy atom. The first kappa shape index (κ1) is 19.1. The average Bonchev–Trinajstić information content (AvgIpc) is 3.23. The number of nitrogens with zero attached hydrogens (tertiary/aromatic N) is 5. The Kier molecular flexibility index (Phi) is 4.72. The molecule has 2 N–H and O–H groups in total. The van der Waals surface area contributed by atoms with Crippen LogP contribution in [0.1, 0.15) is 19.4 Å². The molecule has 0 aliphatic carbocycles. The molecule has 4 aromatic rings. The summed E-state index contributed by atoms with van der Waals surface area (Å²) in [6.07, 6.45) is 3.58. The number of anilines is 3. The Morgan fingerprint density at radius 2 is 2.03 bits per heavy atom. The van der Waals surface area contributed by atoms with Crippen molar-refractivity contribution in [3.63, 3.8) is 0 Å². The van der Waals surface area contributed by atoms with Crippen LogP contribution in [0, 0.1) is 6.92 Å². The monoisotopic (exact) mass is 421 g/mol. The van der Waals surface area contributed by atoms with Gasteiger partial charge in [0.1, 0.15) is 23.2 Å². The molecule has 0 bridgehead atoms. The van der Waals surface area contributed by atoms with Gasteiger partial charge in [0, 0.05) is 25.2 Å². The third-order valence-electron chi connectivity index (χ3n) is 5.71. The summed E-state index contributed by atoms with van der Waals surface area (Å²) in [6.45, 7) is 8.30. The third-order valence-corrected chi connectivity index (χ3v) is 6.02. The number of halogens is 1. The summed E-state index contributed by atoms with van der Waals surface area (Å²) in [6, 6.07) is 10.7. The summed E-state index contributed by atoms with van der Waals surface area (Å²) in [7, 11) is 0. The van der Waals surface area contributed by atoms with Gasteiger partial charge >= 0.3 is 0 Å². The number of para-hydroxylation sites is 1. The van der Waals surface area contributed by atoms with Crippen molar-refractivity contribution in [1.29, 1.82) is 0 Å². The zero-order chi connectivity index (χ0) is 20.8. The lowest BCUT2D eigenvalue weighted by Crippen LogP contribution is -2.54. The molecular weight excluding hydrogens is 398 g/mol. The number of aromatic nitrogens is 4. The SMILES string of the molecule is Cc1cccc(Cl)c1Nc1nc2ccc(N3CC(C)NCC3C)nc2n2cncc12. The van der Waals surface area contributed by atoms with E-state index < -0.39 is 0 Å². The zero-order valence-corrected chi connectivity index (χ0v) is 18.0. The van der Waals surface area contributed by atoms with Crippen LogP contribution in [0.2, 0.25) is 5.02 Å². The lowest BCUT2D eigenvalue weighted by Gasteiger charge is -2.38. The molecule has 0 radical (unpaired) electrons. The van der Waals surface area contributed by atoms with Crippen LogP contribution in [-0.4, -0.2) is 44.5 Å². The smallest absolute Gasteiger partial charge is 0.166 e. The first-order valence-electron chi connectivity index (χ1n) is 10.2. The molecule has 2 atom stereocenters. The first-order valence-corrected chi connectivity index (χ1v) is 10.5. The zero-order valence-electron chi connectivity index (χ0n) is 17.2. The minimum Gasteiger partial charge on any atom is -0.351 e. The van der Waals surface area contributed by atoms with Crippen LogP contribution >= 0.6 is 11.6 Å². The molecule has 5 rings (SSSR count). The van der Waals surface area contributed by atoms with Crippen molar-refractivity contribution in [1.82, 2.24) is 24.7 Å². The number of pyridine rings is 1. The average molecular weight is 422 g/mol. The van der Waals surface area contributed by atoms with E-state index in [4.69, 9.17) is 21.6 Å². The molecule has 8 heteroatoms. The largest absolute Gasteiger partial charge is 0.351 e. The molecular formula is C22H24ClN7. The highest BCUT2D eigenvalue weighted by Crippen LogP contribution is 2.31. The topological polar surface area (TPSA) is 70.4 Å². The van der Waals surface area contributed by atoms with Crippen molar-refractivity contribution in [2.24, 2.45) is 0 Å². The maximum Gasteiger partial charge on any atom is 0.166 e. The summed E-state index contributed by atoms with van der Waals surface area (Å²) in [4.78, 5) is 16.5. The molecule has 0 saturated carbocycles. The fraction of sp³-hybridized carbons (Fsp3) is 0.318. The van der Waals surface area contributed by atoms with Crippen molar-refractivity contribution >= 4 is 45.6 Å². The van der Waals surface area contributed by atoms with Gasteiger partial charge in [-0.1, -0.05) is 23.7 Å². The molecule has 0 amide bonds. The van der Waals surface area contributed by atoms with Gasteiger partial charge in [-0.2, -0.15) is 0 Å². The Morgan fingerprint density at radius 1 is 1.17 bits per heavy atom.